The van der Waals surface area contributed by atoms with Crippen LogP contribution in [0.2, 0.25) is 0 Å². The van der Waals surface area contributed by atoms with E-state index in [2.05, 4.69) is 10.6 Å². The SMILES string of the molecule is CC(C)C(=O)N[C@@H]1C/C=C\CCC(=O)N[C@H](c2ccccc2)COC1=O. The molecule has 6 nitrogen and oxygen atoms in total. The van der Waals surface area contributed by atoms with E-state index in [1.807, 2.05) is 36.4 Å². The third-order valence-electron chi connectivity index (χ3n) is 4.13. The van der Waals surface area contributed by atoms with E-state index in [0.29, 0.717) is 19.3 Å². The molecule has 1 heterocycles. The van der Waals surface area contributed by atoms with Gasteiger partial charge in [-0.15, -0.1) is 0 Å². The predicted octanol–water partition coefficient (Wildman–Crippen LogP) is 2.27. The maximum absolute atomic E-state index is 12.5. The summed E-state index contributed by atoms with van der Waals surface area (Å²) >= 11 is 0. The molecule has 26 heavy (non-hydrogen) atoms. The van der Waals surface area contributed by atoms with Crippen LogP contribution in [0.5, 0.6) is 0 Å². The van der Waals surface area contributed by atoms with Crippen LogP contribution in [0.4, 0.5) is 0 Å². The van der Waals surface area contributed by atoms with Crippen molar-refractivity contribution in [3.63, 3.8) is 0 Å². The molecule has 140 valence electrons. The standard InChI is InChI=1S/C20H26N2O4/c1-14(2)19(24)22-16-11-7-4-8-12-18(23)21-17(13-26-20(16)25)15-9-5-3-6-10-15/h3-7,9-10,14,16-17H,8,11-13H2,1-2H3,(H,21,23)(H,22,24)/b7-4-/t16-,17+/m1/s1. The van der Waals surface area contributed by atoms with E-state index in [1.165, 1.54) is 0 Å². The van der Waals surface area contributed by atoms with E-state index in [0.717, 1.165) is 5.56 Å². The summed E-state index contributed by atoms with van der Waals surface area (Å²) in [5, 5.41) is 5.64. The van der Waals surface area contributed by atoms with E-state index < -0.39 is 18.1 Å². The van der Waals surface area contributed by atoms with Gasteiger partial charge in [-0.05, 0) is 18.4 Å². The Morgan fingerprint density at radius 1 is 1.19 bits per heavy atom. The number of allylic oxidation sites excluding steroid dienone is 1. The smallest absolute Gasteiger partial charge is 0.329 e. The van der Waals surface area contributed by atoms with Gasteiger partial charge >= 0.3 is 5.97 Å². The van der Waals surface area contributed by atoms with Crippen LogP contribution in [0, 0.1) is 5.92 Å². The molecule has 1 aliphatic heterocycles. The number of carbonyl (C=O) groups is 3. The van der Waals surface area contributed by atoms with Crippen LogP contribution >= 0.6 is 0 Å². The molecule has 0 saturated heterocycles. The summed E-state index contributed by atoms with van der Waals surface area (Å²) in [6, 6.07) is 8.23. The first-order valence-corrected chi connectivity index (χ1v) is 8.93. The Hall–Kier alpha value is -2.63. The van der Waals surface area contributed by atoms with E-state index in [4.69, 9.17) is 4.74 Å². The molecule has 0 fully saturated rings. The highest BCUT2D eigenvalue weighted by Crippen LogP contribution is 2.15. The Bertz CT molecular complexity index is 655. The number of hydrogen-bond acceptors (Lipinski definition) is 4. The Kier molecular flexibility index (Phi) is 7.38. The molecule has 0 aromatic heterocycles. The van der Waals surface area contributed by atoms with Gasteiger partial charge in [0.2, 0.25) is 11.8 Å². The molecule has 0 unspecified atom stereocenters. The number of ether oxygens (including phenoxy) is 1. The van der Waals surface area contributed by atoms with Gasteiger partial charge in [-0.3, -0.25) is 9.59 Å². The van der Waals surface area contributed by atoms with Gasteiger partial charge in [-0.1, -0.05) is 56.3 Å². The molecule has 0 bridgehead atoms. The summed E-state index contributed by atoms with van der Waals surface area (Å²) in [6.07, 6.45) is 4.93. The number of benzene rings is 1. The van der Waals surface area contributed by atoms with Crippen LogP contribution in [-0.4, -0.2) is 30.4 Å². The number of nitrogens with one attached hydrogen (secondary N) is 2. The average Bonchev–Trinajstić information content (AvgIpc) is 2.63. The molecule has 0 radical (unpaired) electrons. The molecular formula is C20H26N2O4. The average molecular weight is 358 g/mol. The van der Waals surface area contributed by atoms with Gasteiger partial charge in [0.1, 0.15) is 12.6 Å². The topological polar surface area (TPSA) is 84.5 Å². The first kappa shape index (κ1) is 19.7. The summed E-state index contributed by atoms with van der Waals surface area (Å²) in [7, 11) is 0. The second-order valence-corrected chi connectivity index (χ2v) is 6.62. The van der Waals surface area contributed by atoms with Crippen molar-refractivity contribution in [2.45, 2.75) is 45.2 Å². The van der Waals surface area contributed by atoms with Gasteiger partial charge in [0.15, 0.2) is 0 Å². The number of rotatable bonds is 3. The van der Waals surface area contributed by atoms with Gasteiger partial charge in [-0.25, -0.2) is 4.79 Å². The summed E-state index contributed by atoms with van der Waals surface area (Å²) in [5.74, 6) is -1.01. The fraction of sp³-hybridized carbons (Fsp3) is 0.450. The summed E-state index contributed by atoms with van der Waals surface area (Å²) in [5.41, 5.74) is 0.865. The lowest BCUT2D eigenvalue weighted by Gasteiger charge is -2.22. The van der Waals surface area contributed by atoms with Crippen molar-refractivity contribution in [2.24, 2.45) is 5.92 Å². The highest BCUT2D eigenvalue weighted by Gasteiger charge is 2.24. The van der Waals surface area contributed by atoms with Crippen LogP contribution in [0.3, 0.4) is 0 Å². The maximum atomic E-state index is 12.5. The first-order chi connectivity index (χ1) is 12.5. The molecule has 2 N–H and O–H groups in total. The minimum atomic E-state index is -0.729. The van der Waals surface area contributed by atoms with Gasteiger partial charge < -0.3 is 15.4 Å². The van der Waals surface area contributed by atoms with Crippen LogP contribution in [-0.2, 0) is 19.1 Å². The number of esters is 1. The van der Waals surface area contributed by atoms with Crippen molar-refractivity contribution >= 4 is 17.8 Å². The fourth-order valence-electron chi connectivity index (χ4n) is 2.56. The lowest BCUT2D eigenvalue weighted by atomic mass is 10.1. The zero-order chi connectivity index (χ0) is 18.9. The summed E-state index contributed by atoms with van der Waals surface area (Å²) in [4.78, 5) is 36.5. The van der Waals surface area contributed by atoms with Crippen molar-refractivity contribution in [1.82, 2.24) is 10.6 Å². The molecule has 1 aromatic carbocycles. The van der Waals surface area contributed by atoms with Crippen LogP contribution < -0.4 is 10.6 Å². The van der Waals surface area contributed by atoms with Crippen molar-refractivity contribution < 1.29 is 19.1 Å². The Labute approximate surface area is 154 Å². The highest BCUT2D eigenvalue weighted by atomic mass is 16.5. The summed E-state index contributed by atoms with van der Waals surface area (Å²) < 4.78 is 5.42. The lowest BCUT2D eigenvalue weighted by molar-refractivity contribution is -0.149. The molecule has 6 heteroatoms. The van der Waals surface area contributed by atoms with E-state index in [9.17, 15) is 14.4 Å². The molecule has 0 aliphatic carbocycles. The van der Waals surface area contributed by atoms with Gasteiger partial charge in [-0.2, -0.15) is 0 Å². The van der Waals surface area contributed by atoms with Crippen LogP contribution in [0.15, 0.2) is 42.5 Å². The zero-order valence-corrected chi connectivity index (χ0v) is 15.2. The molecular weight excluding hydrogens is 332 g/mol. The predicted molar refractivity (Wildman–Crippen MR) is 98.0 cm³/mol. The maximum Gasteiger partial charge on any atom is 0.329 e. The highest BCUT2D eigenvalue weighted by molar-refractivity contribution is 5.85. The molecule has 1 aliphatic rings. The molecule has 0 saturated carbocycles. The monoisotopic (exact) mass is 358 g/mol. The number of cyclic esters (lactones) is 1. The second kappa shape index (κ2) is 9.75. The number of carbonyl (C=O) groups excluding carboxylic acids is 3. The van der Waals surface area contributed by atoms with Crippen LogP contribution in [0.25, 0.3) is 0 Å². The normalized spacial score (nSPS) is 23.2. The Balaban J connectivity index is 2.14. The minimum absolute atomic E-state index is 0.0202. The molecule has 2 rings (SSSR count). The summed E-state index contributed by atoms with van der Waals surface area (Å²) in [6.45, 7) is 3.56. The molecule has 0 spiro atoms. The third-order valence-corrected chi connectivity index (χ3v) is 4.13. The third kappa shape index (κ3) is 6.02. The lowest BCUT2D eigenvalue weighted by Crippen LogP contribution is -2.44. The van der Waals surface area contributed by atoms with Crippen molar-refractivity contribution in [3.05, 3.63) is 48.0 Å². The number of amides is 2. The second-order valence-electron chi connectivity index (χ2n) is 6.62. The fourth-order valence-corrected chi connectivity index (χ4v) is 2.56. The zero-order valence-electron chi connectivity index (χ0n) is 15.2. The van der Waals surface area contributed by atoms with Crippen LogP contribution in [0.1, 0.15) is 44.7 Å². The van der Waals surface area contributed by atoms with Gasteiger partial charge in [0, 0.05) is 12.3 Å². The van der Waals surface area contributed by atoms with E-state index in [-0.39, 0.29) is 24.3 Å². The first-order valence-electron chi connectivity index (χ1n) is 8.93. The molecule has 2 amide bonds. The quantitative estimate of drug-likeness (QED) is 0.641. The number of hydrogen-bond donors (Lipinski definition) is 2. The van der Waals surface area contributed by atoms with Crippen molar-refractivity contribution in [3.8, 4) is 0 Å². The van der Waals surface area contributed by atoms with Gasteiger partial charge in [0.25, 0.3) is 0 Å². The largest absolute Gasteiger partial charge is 0.462 e. The molecule has 2 atom stereocenters. The van der Waals surface area contributed by atoms with Crippen molar-refractivity contribution in [2.75, 3.05) is 6.61 Å². The van der Waals surface area contributed by atoms with E-state index >= 15 is 0 Å². The van der Waals surface area contributed by atoms with E-state index in [1.54, 1.807) is 19.9 Å². The minimum Gasteiger partial charge on any atom is -0.462 e. The molecule has 1 aromatic rings. The van der Waals surface area contributed by atoms with Gasteiger partial charge in [0.05, 0.1) is 6.04 Å². The Morgan fingerprint density at radius 3 is 2.62 bits per heavy atom. The Morgan fingerprint density at radius 2 is 1.92 bits per heavy atom. The van der Waals surface area contributed by atoms with Crippen molar-refractivity contribution in [1.29, 1.82) is 0 Å².